The summed E-state index contributed by atoms with van der Waals surface area (Å²) >= 11 is 0. The summed E-state index contributed by atoms with van der Waals surface area (Å²) in [5.74, 6) is 1.20. The Morgan fingerprint density at radius 2 is 1.14 bits per heavy atom. The summed E-state index contributed by atoms with van der Waals surface area (Å²) in [7, 11) is 0. The minimum Gasteiger partial charge on any atom is -0.427 e. The van der Waals surface area contributed by atoms with Gasteiger partial charge in [0.05, 0.1) is 0 Å². The fraction of sp³-hybridized carbons (Fsp3) is 0. The van der Waals surface area contributed by atoms with Crippen LogP contribution in [0.2, 0.25) is 0 Å². The molecule has 108 valence electrons. The van der Waals surface area contributed by atoms with Gasteiger partial charge in [0.25, 0.3) is 0 Å². The molecule has 4 aliphatic heterocycles. The lowest BCUT2D eigenvalue weighted by molar-refractivity contribution is 0.186. The van der Waals surface area contributed by atoms with E-state index >= 15 is 0 Å². The van der Waals surface area contributed by atoms with Crippen LogP contribution in [0.25, 0.3) is 22.8 Å². The summed E-state index contributed by atoms with van der Waals surface area (Å²) in [5.41, 5.74) is 1.90. The van der Waals surface area contributed by atoms with Gasteiger partial charge in [0, 0.05) is 35.9 Å². The first-order valence-corrected chi connectivity index (χ1v) is 5.98. The second-order valence-corrected chi connectivity index (χ2v) is 4.15. The van der Waals surface area contributed by atoms with Crippen LogP contribution in [-0.2, 0) is 0 Å². The predicted octanol–water partition coefficient (Wildman–Crippen LogP) is 1.63. The Morgan fingerprint density at radius 3 is 1.52 bits per heavy atom. The molecule has 0 aromatic rings. The van der Waals surface area contributed by atoms with Gasteiger partial charge in [-0.1, -0.05) is 0 Å². The van der Waals surface area contributed by atoms with Gasteiger partial charge in [-0.15, -0.1) is 0 Å². The van der Waals surface area contributed by atoms with Gasteiger partial charge < -0.3 is 15.9 Å². The van der Waals surface area contributed by atoms with Crippen LogP contribution in [0.1, 0.15) is 0 Å². The number of hydrogen-bond acceptors (Lipinski definition) is 4. The predicted molar refractivity (Wildman–Crippen MR) is 75.7 cm³/mol. The van der Waals surface area contributed by atoms with Crippen LogP contribution in [0.3, 0.4) is 0 Å². The average Bonchev–Trinajstić information content (AvgIpc) is 3.08. The van der Waals surface area contributed by atoms with Gasteiger partial charge in [-0.25, -0.2) is 9.97 Å². The lowest BCUT2D eigenvalue weighted by Crippen LogP contribution is -1.96. The van der Waals surface area contributed by atoms with E-state index in [0.717, 1.165) is 20.6 Å². The van der Waals surface area contributed by atoms with Crippen molar-refractivity contribution in [3.8, 4) is 22.8 Å². The summed E-state index contributed by atoms with van der Waals surface area (Å²) in [6.45, 7) is 0. The zero-order valence-corrected chi connectivity index (χ0v) is 11.0. The zero-order chi connectivity index (χ0) is 13.9. The van der Waals surface area contributed by atoms with Crippen LogP contribution in [0.4, 0.5) is 0 Å². The van der Waals surface area contributed by atoms with Gasteiger partial charge in [0.15, 0.2) is 11.6 Å². The average molecular weight is 286 g/mol. The molecule has 0 atom stereocenters. The maximum Gasteiger partial charge on any atom is 0.175 e. The molecule has 4 heterocycles. The topological polar surface area (TPSA) is 108 Å². The van der Waals surface area contributed by atoms with Crippen LogP contribution in [0, 0.1) is 0 Å². The fourth-order valence-electron chi connectivity index (χ4n) is 1.92. The second-order valence-electron chi connectivity index (χ2n) is 4.15. The highest BCUT2D eigenvalue weighted by Crippen LogP contribution is 2.17. The number of aromatic nitrogens is 4. The van der Waals surface area contributed by atoms with Gasteiger partial charge in [0.1, 0.15) is 0 Å². The van der Waals surface area contributed by atoms with E-state index in [9.17, 15) is 0 Å². The third kappa shape index (κ3) is 2.77. The molecule has 0 aromatic carbocycles. The van der Waals surface area contributed by atoms with Crippen molar-refractivity contribution in [3.63, 3.8) is 0 Å². The molecule has 0 saturated heterocycles. The monoisotopic (exact) mass is 286 g/mol. The maximum absolute atomic E-state index is 9.11. The van der Waals surface area contributed by atoms with Crippen molar-refractivity contribution in [1.82, 2.24) is 19.4 Å². The van der Waals surface area contributed by atoms with E-state index in [0.29, 0.717) is 11.6 Å². The number of nitrogens with zero attached hydrogens (tertiary/aromatic N) is 4. The van der Waals surface area contributed by atoms with Gasteiger partial charge >= 0.3 is 0 Å². The first kappa shape index (κ1) is 14.4. The number of pyridine rings is 2. The molecule has 7 nitrogen and oxygen atoms in total. The van der Waals surface area contributed by atoms with Crippen LogP contribution in [0.15, 0.2) is 61.2 Å². The minimum atomic E-state index is 0. The molecular formula is C14H14N4O3. The minimum absolute atomic E-state index is 0. The van der Waals surface area contributed by atoms with Gasteiger partial charge in [0.2, 0.25) is 0 Å². The molecule has 4 N–H and O–H groups in total. The molecule has 0 amide bonds. The van der Waals surface area contributed by atoms with Gasteiger partial charge in [-0.3, -0.25) is 0 Å². The van der Waals surface area contributed by atoms with Gasteiger partial charge in [-0.05, 0) is 36.4 Å². The molecule has 0 saturated carbocycles. The van der Waals surface area contributed by atoms with Crippen molar-refractivity contribution < 1.29 is 15.9 Å². The van der Waals surface area contributed by atoms with Crippen molar-refractivity contribution in [1.29, 1.82) is 0 Å². The molecule has 4 rings (SSSR count). The third-order valence-electron chi connectivity index (χ3n) is 2.86. The third-order valence-corrected chi connectivity index (χ3v) is 2.86. The van der Waals surface area contributed by atoms with E-state index in [4.69, 9.17) is 10.4 Å². The van der Waals surface area contributed by atoms with Crippen LogP contribution < -0.4 is 0 Å². The summed E-state index contributed by atoms with van der Waals surface area (Å²) in [6, 6.07) is 11.0. The Hall–Kier alpha value is -3.06. The first-order chi connectivity index (χ1) is 9.75. The molecular weight excluding hydrogens is 272 g/mol. The highest BCUT2D eigenvalue weighted by molar-refractivity contribution is 5.56. The molecule has 7 heteroatoms. The quantitative estimate of drug-likeness (QED) is 0.479. The Balaban J connectivity index is 0.000000147. The normalized spacial score (nSPS) is 9.90. The van der Waals surface area contributed by atoms with Gasteiger partial charge in [-0.2, -0.15) is 9.46 Å². The maximum atomic E-state index is 9.11. The molecule has 0 unspecified atom stereocenters. The van der Waals surface area contributed by atoms with E-state index in [-0.39, 0.29) is 5.48 Å². The molecule has 21 heavy (non-hydrogen) atoms. The molecule has 0 fully saturated rings. The van der Waals surface area contributed by atoms with Crippen molar-refractivity contribution in [2.45, 2.75) is 0 Å². The number of fused-ring (bicyclic) bond motifs is 2. The molecule has 0 aliphatic carbocycles. The lowest BCUT2D eigenvalue weighted by Gasteiger charge is -2.00. The Morgan fingerprint density at radius 1 is 0.714 bits per heavy atom. The molecule has 0 aromatic heterocycles. The Kier molecular flexibility index (Phi) is 4.05. The largest absolute Gasteiger partial charge is 0.427 e. The van der Waals surface area contributed by atoms with Crippen LogP contribution in [-0.4, -0.2) is 35.3 Å². The van der Waals surface area contributed by atoms with E-state index in [2.05, 4.69) is 9.97 Å². The van der Waals surface area contributed by atoms with E-state index in [1.807, 2.05) is 24.3 Å². The molecule has 4 aliphatic rings. The number of hydrogen-bond donors (Lipinski definition) is 2. The SMILES string of the molecule is O.On1cccc2ccnc1-2.On1cccc2ccnc1-2. The lowest BCUT2D eigenvalue weighted by atomic mass is 10.3. The Bertz CT molecular complexity index is 699. The summed E-state index contributed by atoms with van der Waals surface area (Å²) in [4.78, 5) is 7.86. The highest BCUT2D eigenvalue weighted by atomic mass is 16.5. The van der Waals surface area contributed by atoms with Crippen LogP contribution >= 0.6 is 0 Å². The second kappa shape index (κ2) is 5.93. The Labute approximate surface area is 120 Å². The van der Waals surface area contributed by atoms with Crippen LogP contribution in [0.5, 0.6) is 0 Å². The molecule has 0 spiro atoms. The van der Waals surface area contributed by atoms with E-state index in [1.165, 1.54) is 0 Å². The van der Waals surface area contributed by atoms with Crippen molar-refractivity contribution >= 4 is 0 Å². The van der Waals surface area contributed by atoms with Crippen molar-refractivity contribution in [2.24, 2.45) is 0 Å². The standard InChI is InChI=1S/2C7H6N2O.H2O/c2*10-9-5-1-2-6-3-4-8-7(6)9;/h2*1-5,10H;1H2. The van der Waals surface area contributed by atoms with E-state index < -0.39 is 0 Å². The highest BCUT2D eigenvalue weighted by Gasteiger charge is 2.05. The first-order valence-electron chi connectivity index (χ1n) is 5.98. The van der Waals surface area contributed by atoms with Crippen molar-refractivity contribution in [2.75, 3.05) is 0 Å². The molecule has 0 bridgehead atoms. The number of rotatable bonds is 0. The van der Waals surface area contributed by atoms with E-state index in [1.54, 1.807) is 36.9 Å². The fourth-order valence-corrected chi connectivity index (χ4v) is 1.92. The summed E-state index contributed by atoms with van der Waals surface area (Å²) < 4.78 is 2.02. The molecule has 0 radical (unpaired) electrons. The smallest absolute Gasteiger partial charge is 0.175 e. The summed E-state index contributed by atoms with van der Waals surface area (Å²) in [6.07, 6.45) is 6.43. The zero-order valence-electron chi connectivity index (χ0n) is 11.0. The summed E-state index contributed by atoms with van der Waals surface area (Å²) in [5, 5.41) is 18.2. The van der Waals surface area contributed by atoms with Crippen molar-refractivity contribution in [3.05, 3.63) is 61.2 Å².